The monoisotopic (exact) mass is 247 g/mol. The van der Waals surface area contributed by atoms with Crippen molar-refractivity contribution in [1.82, 2.24) is 5.32 Å². The highest BCUT2D eigenvalue weighted by atomic mass is 16.5. The number of amides is 1. The second kappa shape index (κ2) is 7.36. The minimum Gasteiger partial charge on any atom is -0.484 e. The van der Waals surface area contributed by atoms with Crippen LogP contribution in [0.2, 0.25) is 0 Å². The number of hydrogen-bond acceptors (Lipinski definition) is 3. The van der Waals surface area contributed by atoms with Gasteiger partial charge >= 0.3 is 0 Å². The molecule has 0 bridgehead atoms. The van der Waals surface area contributed by atoms with Gasteiger partial charge in [0, 0.05) is 0 Å². The van der Waals surface area contributed by atoms with Crippen LogP contribution in [0.1, 0.15) is 25.0 Å². The zero-order valence-electron chi connectivity index (χ0n) is 10.3. The maximum Gasteiger partial charge on any atom is 0.258 e. The standard InChI is InChI=1S/C14H17NO3/c1-3-9-15-14(17)10-18-12-7-5-11(6-8-12)13(16)4-2/h1,5-8,13,16H,4,9-10H2,2H3,(H,15,17). The number of nitrogens with one attached hydrogen (secondary N) is 1. The molecule has 96 valence electrons. The Labute approximate surface area is 107 Å². The van der Waals surface area contributed by atoms with E-state index < -0.39 is 6.10 Å². The van der Waals surface area contributed by atoms with Gasteiger partial charge in [-0.25, -0.2) is 0 Å². The van der Waals surface area contributed by atoms with Crippen molar-refractivity contribution in [1.29, 1.82) is 0 Å². The third-order valence-corrected chi connectivity index (χ3v) is 2.41. The molecule has 0 saturated heterocycles. The lowest BCUT2D eigenvalue weighted by molar-refractivity contribution is -0.122. The molecule has 1 aromatic rings. The number of carbonyl (C=O) groups excluding carboxylic acids is 1. The van der Waals surface area contributed by atoms with Crippen LogP contribution in [0.3, 0.4) is 0 Å². The number of rotatable bonds is 6. The number of carbonyl (C=O) groups is 1. The molecule has 2 N–H and O–H groups in total. The Morgan fingerprint density at radius 1 is 1.50 bits per heavy atom. The molecule has 0 aliphatic heterocycles. The van der Waals surface area contributed by atoms with E-state index in [-0.39, 0.29) is 19.1 Å². The summed E-state index contributed by atoms with van der Waals surface area (Å²) in [4.78, 5) is 11.2. The highest BCUT2D eigenvalue weighted by Gasteiger charge is 2.05. The van der Waals surface area contributed by atoms with Crippen LogP contribution in [0.5, 0.6) is 5.75 Å². The summed E-state index contributed by atoms with van der Waals surface area (Å²) in [6.45, 7) is 2.03. The number of terminal acetylenes is 1. The summed E-state index contributed by atoms with van der Waals surface area (Å²) in [7, 11) is 0. The van der Waals surface area contributed by atoms with E-state index in [4.69, 9.17) is 11.2 Å². The molecule has 4 nitrogen and oxygen atoms in total. The van der Waals surface area contributed by atoms with Gasteiger partial charge in [-0.2, -0.15) is 0 Å². The molecule has 0 aliphatic rings. The van der Waals surface area contributed by atoms with Crippen LogP contribution >= 0.6 is 0 Å². The number of ether oxygens (including phenoxy) is 1. The van der Waals surface area contributed by atoms with E-state index in [1.54, 1.807) is 24.3 Å². The fourth-order valence-electron chi connectivity index (χ4n) is 1.37. The molecule has 0 aromatic heterocycles. The largest absolute Gasteiger partial charge is 0.484 e. The van der Waals surface area contributed by atoms with Crippen LogP contribution in [0.15, 0.2) is 24.3 Å². The average Bonchev–Trinajstić information content (AvgIpc) is 2.42. The first-order chi connectivity index (χ1) is 8.67. The Kier molecular flexibility index (Phi) is 5.75. The van der Waals surface area contributed by atoms with Crippen LogP contribution in [0.25, 0.3) is 0 Å². The fraction of sp³-hybridized carbons (Fsp3) is 0.357. The third kappa shape index (κ3) is 4.48. The lowest BCUT2D eigenvalue weighted by Gasteiger charge is -2.10. The average molecular weight is 247 g/mol. The van der Waals surface area contributed by atoms with Gasteiger partial charge in [-0.05, 0) is 24.1 Å². The van der Waals surface area contributed by atoms with Crippen molar-refractivity contribution < 1.29 is 14.6 Å². The Morgan fingerprint density at radius 2 is 2.17 bits per heavy atom. The smallest absolute Gasteiger partial charge is 0.258 e. The Morgan fingerprint density at radius 3 is 2.72 bits per heavy atom. The van der Waals surface area contributed by atoms with Gasteiger partial charge in [-0.15, -0.1) is 6.42 Å². The first kappa shape index (κ1) is 14.1. The second-order valence-electron chi connectivity index (χ2n) is 3.76. The fourth-order valence-corrected chi connectivity index (χ4v) is 1.37. The van der Waals surface area contributed by atoms with Gasteiger partial charge < -0.3 is 15.2 Å². The summed E-state index contributed by atoms with van der Waals surface area (Å²) < 4.78 is 5.27. The lowest BCUT2D eigenvalue weighted by Crippen LogP contribution is -2.29. The molecule has 0 heterocycles. The van der Waals surface area contributed by atoms with Gasteiger partial charge in [0.2, 0.25) is 0 Å². The summed E-state index contributed by atoms with van der Waals surface area (Å²) in [6.07, 6.45) is 5.21. The number of hydrogen-bond donors (Lipinski definition) is 2. The molecule has 1 rings (SSSR count). The van der Waals surface area contributed by atoms with Gasteiger partial charge in [-0.1, -0.05) is 25.0 Å². The number of benzene rings is 1. The molecule has 0 radical (unpaired) electrons. The van der Waals surface area contributed by atoms with E-state index >= 15 is 0 Å². The molecular weight excluding hydrogens is 230 g/mol. The molecule has 4 heteroatoms. The molecule has 0 aliphatic carbocycles. The normalized spacial score (nSPS) is 11.4. The van der Waals surface area contributed by atoms with E-state index in [1.807, 2.05) is 6.92 Å². The zero-order valence-corrected chi connectivity index (χ0v) is 10.3. The van der Waals surface area contributed by atoms with Crippen molar-refractivity contribution in [3.63, 3.8) is 0 Å². The molecule has 1 aromatic carbocycles. The van der Waals surface area contributed by atoms with E-state index in [0.29, 0.717) is 12.2 Å². The highest BCUT2D eigenvalue weighted by Crippen LogP contribution is 2.19. The van der Waals surface area contributed by atoms with Gasteiger partial charge in [-0.3, -0.25) is 4.79 Å². The Hall–Kier alpha value is -1.99. The van der Waals surface area contributed by atoms with Crippen molar-refractivity contribution in [2.24, 2.45) is 0 Å². The Bertz CT molecular complexity index is 420. The second-order valence-corrected chi connectivity index (χ2v) is 3.76. The molecule has 1 unspecified atom stereocenters. The summed E-state index contributed by atoms with van der Waals surface area (Å²) in [5.41, 5.74) is 0.835. The SMILES string of the molecule is C#CCNC(=O)COc1ccc(C(O)CC)cc1. The summed E-state index contributed by atoms with van der Waals surface area (Å²) in [5, 5.41) is 12.1. The minimum atomic E-state index is -0.460. The van der Waals surface area contributed by atoms with Crippen LogP contribution < -0.4 is 10.1 Å². The lowest BCUT2D eigenvalue weighted by atomic mass is 10.1. The predicted molar refractivity (Wildman–Crippen MR) is 69.0 cm³/mol. The maximum absolute atomic E-state index is 11.2. The van der Waals surface area contributed by atoms with Gasteiger partial charge in [0.05, 0.1) is 12.6 Å². The van der Waals surface area contributed by atoms with Crippen molar-refractivity contribution >= 4 is 5.91 Å². The molecule has 0 spiro atoms. The van der Waals surface area contributed by atoms with Crippen molar-refractivity contribution in [3.8, 4) is 18.1 Å². The van der Waals surface area contributed by atoms with Gasteiger partial charge in [0.25, 0.3) is 5.91 Å². The van der Waals surface area contributed by atoms with E-state index in [0.717, 1.165) is 5.56 Å². The van der Waals surface area contributed by atoms with Crippen molar-refractivity contribution in [2.75, 3.05) is 13.2 Å². The highest BCUT2D eigenvalue weighted by molar-refractivity contribution is 5.77. The predicted octanol–water partition coefficient (Wildman–Crippen LogP) is 1.26. The van der Waals surface area contributed by atoms with Crippen molar-refractivity contribution in [2.45, 2.75) is 19.4 Å². The number of aliphatic hydroxyl groups excluding tert-OH is 1. The van der Waals surface area contributed by atoms with Crippen LogP contribution in [-0.4, -0.2) is 24.2 Å². The van der Waals surface area contributed by atoms with E-state index in [2.05, 4.69) is 11.2 Å². The quantitative estimate of drug-likeness (QED) is 0.744. The number of aliphatic hydroxyl groups is 1. The Balaban J connectivity index is 2.44. The summed E-state index contributed by atoms with van der Waals surface area (Å²) >= 11 is 0. The van der Waals surface area contributed by atoms with Gasteiger partial charge in [0.1, 0.15) is 5.75 Å². The van der Waals surface area contributed by atoms with Crippen LogP contribution in [0.4, 0.5) is 0 Å². The third-order valence-electron chi connectivity index (χ3n) is 2.41. The summed E-state index contributed by atoms with van der Waals surface area (Å²) in [5.74, 6) is 2.63. The van der Waals surface area contributed by atoms with Crippen LogP contribution in [-0.2, 0) is 4.79 Å². The van der Waals surface area contributed by atoms with Crippen LogP contribution in [0, 0.1) is 12.3 Å². The first-order valence-corrected chi connectivity index (χ1v) is 5.78. The topological polar surface area (TPSA) is 58.6 Å². The summed E-state index contributed by atoms with van der Waals surface area (Å²) in [6, 6.07) is 7.01. The van der Waals surface area contributed by atoms with Gasteiger partial charge in [0.15, 0.2) is 6.61 Å². The maximum atomic E-state index is 11.2. The zero-order chi connectivity index (χ0) is 13.4. The minimum absolute atomic E-state index is 0.0721. The molecule has 0 fully saturated rings. The first-order valence-electron chi connectivity index (χ1n) is 5.78. The molecule has 1 amide bonds. The molecule has 1 atom stereocenters. The van der Waals surface area contributed by atoms with Crippen molar-refractivity contribution in [3.05, 3.63) is 29.8 Å². The molecule has 18 heavy (non-hydrogen) atoms. The molecule has 0 saturated carbocycles. The molecular formula is C14H17NO3. The van der Waals surface area contributed by atoms with E-state index in [1.165, 1.54) is 0 Å². The van der Waals surface area contributed by atoms with E-state index in [9.17, 15) is 9.90 Å².